The molecule has 0 fully saturated rings. The Kier molecular flexibility index (Phi) is 4.52. The molecule has 2 nitrogen and oxygen atoms in total. The summed E-state index contributed by atoms with van der Waals surface area (Å²) in [6.07, 6.45) is 2.98. The van der Waals surface area contributed by atoms with E-state index in [9.17, 15) is 0 Å². The van der Waals surface area contributed by atoms with Crippen LogP contribution in [0.25, 0.3) is 0 Å². The summed E-state index contributed by atoms with van der Waals surface area (Å²) in [5.74, 6) is 0. The molecule has 0 saturated carbocycles. The highest BCUT2D eigenvalue weighted by Crippen LogP contribution is 2.29. The lowest BCUT2D eigenvalue weighted by atomic mass is 10.1. The lowest BCUT2D eigenvalue weighted by Crippen LogP contribution is -2.21. The molecule has 0 aliphatic carbocycles. The lowest BCUT2D eigenvalue weighted by Gasteiger charge is -2.14. The molecule has 0 saturated heterocycles. The first-order valence-electron chi connectivity index (χ1n) is 5.15. The van der Waals surface area contributed by atoms with Crippen molar-refractivity contribution in [3.8, 4) is 0 Å². The Morgan fingerprint density at radius 3 is 2.94 bits per heavy atom. The Hall–Kier alpha value is -0.230. The molecule has 2 aromatic rings. The second-order valence-corrected chi connectivity index (χ2v) is 6.89. The number of rotatable bonds is 5. The molecule has 0 bridgehead atoms. The van der Waals surface area contributed by atoms with E-state index in [4.69, 9.17) is 0 Å². The topological polar surface area (TPSA) is 24.9 Å². The van der Waals surface area contributed by atoms with E-state index >= 15 is 0 Å². The molecule has 0 spiro atoms. The van der Waals surface area contributed by atoms with E-state index in [0.29, 0.717) is 6.04 Å². The largest absolute Gasteiger partial charge is 0.309 e. The number of hydrogen-bond donors (Lipinski definition) is 1. The number of likely N-dealkylation sites (N-methyl/N-ethyl adjacent to an activating group) is 1. The van der Waals surface area contributed by atoms with Gasteiger partial charge in [0.2, 0.25) is 0 Å². The summed E-state index contributed by atoms with van der Waals surface area (Å²) in [6, 6.07) is 4.70. The van der Waals surface area contributed by atoms with Gasteiger partial charge in [-0.3, -0.25) is 4.98 Å². The Morgan fingerprint density at radius 1 is 1.50 bits per heavy atom. The predicted molar refractivity (Wildman–Crippen MR) is 74.3 cm³/mol. The summed E-state index contributed by atoms with van der Waals surface area (Å²) in [5, 5.41) is 3.52. The molecule has 1 atom stereocenters. The average Bonchev–Trinajstić information content (AvgIpc) is 2.88. The maximum absolute atomic E-state index is 4.12. The van der Waals surface area contributed by atoms with Crippen LogP contribution in [0, 0.1) is 0 Å². The molecule has 2 rings (SSSR count). The van der Waals surface area contributed by atoms with Gasteiger partial charge in [0.1, 0.15) is 0 Å². The van der Waals surface area contributed by atoms with E-state index in [1.54, 1.807) is 22.7 Å². The van der Waals surface area contributed by atoms with E-state index in [-0.39, 0.29) is 0 Å². The fourth-order valence-corrected chi connectivity index (χ4v) is 3.72. The number of nitrogens with zero attached hydrogens (tertiary/aromatic N) is 1. The Balaban J connectivity index is 2.11. The highest BCUT2D eigenvalue weighted by atomic mass is 79.9. The van der Waals surface area contributed by atoms with Gasteiger partial charge < -0.3 is 5.32 Å². The predicted octanol–water partition coefficient (Wildman–Crippen LogP) is 3.86. The minimum atomic E-state index is 0.404. The zero-order valence-corrected chi connectivity index (χ0v) is 12.2. The summed E-state index contributed by atoms with van der Waals surface area (Å²) >= 11 is 7.03. The van der Waals surface area contributed by atoms with E-state index in [0.717, 1.165) is 13.0 Å². The van der Waals surface area contributed by atoms with Gasteiger partial charge in [-0.15, -0.1) is 22.7 Å². The summed E-state index contributed by atoms with van der Waals surface area (Å²) in [7, 11) is 0. The van der Waals surface area contributed by atoms with Crippen LogP contribution in [0.5, 0.6) is 0 Å². The molecular weight excluding hydrogens is 304 g/mol. The molecule has 86 valence electrons. The maximum Gasteiger partial charge on any atom is 0.0794 e. The lowest BCUT2D eigenvalue weighted by molar-refractivity contribution is 0.561. The highest BCUT2D eigenvalue weighted by Gasteiger charge is 2.13. The smallest absolute Gasteiger partial charge is 0.0794 e. The quantitative estimate of drug-likeness (QED) is 0.906. The maximum atomic E-state index is 4.12. The van der Waals surface area contributed by atoms with Gasteiger partial charge in [0.25, 0.3) is 0 Å². The van der Waals surface area contributed by atoms with Crippen LogP contribution >= 0.6 is 38.6 Å². The molecule has 0 amide bonds. The Morgan fingerprint density at radius 2 is 2.38 bits per heavy atom. The molecule has 0 aliphatic rings. The number of thiazole rings is 1. The summed E-state index contributed by atoms with van der Waals surface area (Å²) in [5.41, 5.74) is 1.89. The van der Waals surface area contributed by atoms with Crippen molar-refractivity contribution in [1.29, 1.82) is 0 Å². The van der Waals surface area contributed by atoms with Gasteiger partial charge in [0.05, 0.1) is 9.30 Å². The summed E-state index contributed by atoms with van der Waals surface area (Å²) < 4.78 is 1.19. The standard InChI is InChI=1S/C11H13BrN2S2/c1-2-14-9(5-8-6-13-7-15-8)10-3-4-11(12)16-10/h3-4,6-7,9,14H,2,5H2,1H3. The molecule has 16 heavy (non-hydrogen) atoms. The van der Waals surface area contributed by atoms with E-state index in [1.807, 2.05) is 11.7 Å². The van der Waals surface area contributed by atoms with Crippen molar-refractivity contribution in [3.63, 3.8) is 0 Å². The van der Waals surface area contributed by atoms with Crippen LogP contribution in [0.1, 0.15) is 22.7 Å². The second-order valence-electron chi connectivity index (χ2n) is 3.42. The first-order valence-corrected chi connectivity index (χ1v) is 7.64. The third-order valence-corrected chi connectivity index (χ3v) is 4.82. The van der Waals surface area contributed by atoms with Crippen LogP contribution in [0.2, 0.25) is 0 Å². The van der Waals surface area contributed by atoms with Gasteiger partial charge in [-0.2, -0.15) is 0 Å². The fourth-order valence-electron chi connectivity index (χ4n) is 1.58. The molecule has 1 N–H and O–H groups in total. The van der Waals surface area contributed by atoms with Gasteiger partial charge in [-0.1, -0.05) is 6.92 Å². The number of thiophene rings is 1. The van der Waals surface area contributed by atoms with Crippen LogP contribution < -0.4 is 5.32 Å². The van der Waals surface area contributed by atoms with Gasteiger partial charge in [-0.05, 0) is 34.6 Å². The van der Waals surface area contributed by atoms with E-state index < -0.39 is 0 Å². The minimum absolute atomic E-state index is 0.404. The normalized spacial score (nSPS) is 12.9. The van der Waals surface area contributed by atoms with Gasteiger partial charge in [0.15, 0.2) is 0 Å². The first-order chi connectivity index (χ1) is 7.79. The second kappa shape index (κ2) is 5.91. The first kappa shape index (κ1) is 12.2. The fraction of sp³-hybridized carbons (Fsp3) is 0.364. The molecule has 2 aromatic heterocycles. The van der Waals surface area contributed by atoms with Gasteiger partial charge >= 0.3 is 0 Å². The third kappa shape index (κ3) is 3.13. The van der Waals surface area contributed by atoms with Crippen molar-refractivity contribution in [2.24, 2.45) is 0 Å². The van der Waals surface area contributed by atoms with Crippen LogP contribution in [0.15, 0.2) is 27.6 Å². The van der Waals surface area contributed by atoms with Gasteiger partial charge in [0, 0.05) is 28.4 Å². The van der Waals surface area contributed by atoms with Crippen molar-refractivity contribution in [2.75, 3.05) is 6.54 Å². The zero-order valence-electron chi connectivity index (χ0n) is 8.94. The van der Waals surface area contributed by atoms with Crippen LogP contribution in [-0.2, 0) is 6.42 Å². The molecule has 0 aliphatic heterocycles. The SMILES string of the molecule is CCNC(Cc1cncs1)c1ccc(Br)s1. The van der Waals surface area contributed by atoms with Crippen molar-refractivity contribution < 1.29 is 0 Å². The molecule has 5 heteroatoms. The van der Waals surface area contributed by atoms with Crippen molar-refractivity contribution >= 4 is 38.6 Å². The number of nitrogens with one attached hydrogen (secondary N) is 1. The van der Waals surface area contributed by atoms with Crippen LogP contribution in [-0.4, -0.2) is 11.5 Å². The number of aromatic nitrogens is 1. The molecule has 0 aromatic carbocycles. The van der Waals surface area contributed by atoms with E-state index in [1.165, 1.54) is 13.5 Å². The number of hydrogen-bond acceptors (Lipinski definition) is 4. The average molecular weight is 317 g/mol. The van der Waals surface area contributed by atoms with Crippen molar-refractivity contribution in [3.05, 3.63) is 37.4 Å². The van der Waals surface area contributed by atoms with Gasteiger partial charge in [-0.25, -0.2) is 0 Å². The zero-order chi connectivity index (χ0) is 11.4. The molecule has 1 unspecified atom stereocenters. The highest BCUT2D eigenvalue weighted by molar-refractivity contribution is 9.11. The molecule has 2 heterocycles. The van der Waals surface area contributed by atoms with Crippen LogP contribution in [0.4, 0.5) is 0 Å². The Labute approximate surface area is 112 Å². The molecule has 0 radical (unpaired) electrons. The summed E-state index contributed by atoms with van der Waals surface area (Å²) in [6.45, 7) is 3.13. The van der Waals surface area contributed by atoms with E-state index in [2.05, 4.69) is 45.3 Å². The van der Waals surface area contributed by atoms with Crippen LogP contribution in [0.3, 0.4) is 0 Å². The summed E-state index contributed by atoms with van der Waals surface area (Å²) in [4.78, 5) is 6.83. The Bertz CT molecular complexity index is 425. The van der Waals surface area contributed by atoms with Crippen molar-refractivity contribution in [2.45, 2.75) is 19.4 Å². The molecular formula is C11H13BrN2S2. The van der Waals surface area contributed by atoms with Crippen molar-refractivity contribution in [1.82, 2.24) is 10.3 Å². The monoisotopic (exact) mass is 316 g/mol. The third-order valence-electron chi connectivity index (χ3n) is 2.28. The minimum Gasteiger partial charge on any atom is -0.309 e. The number of halogens is 1.